The number of aromatic nitrogens is 2. The summed E-state index contributed by atoms with van der Waals surface area (Å²) in [7, 11) is 3.80. The Labute approximate surface area is 106 Å². The second-order valence-corrected chi connectivity index (χ2v) is 4.44. The summed E-state index contributed by atoms with van der Waals surface area (Å²) in [6.07, 6.45) is 1.79. The number of aryl methyl sites for hydroxylation is 1. The highest BCUT2D eigenvalue weighted by Gasteiger charge is 2.11. The van der Waals surface area contributed by atoms with Crippen molar-refractivity contribution in [1.82, 2.24) is 9.78 Å². The van der Waals surface area contributed by atoms with E-state index in [1.165, 1.54) is 0 Å². The second kappa shape index (κ2) is 4.67. The number of hydrogen-bond donors (Lipinski definition) is 1. The van der Waals surface area contributed by atoms with Gasteiger partial charge in [-0.15, -0.1) is 0 Å². The topological polar surface area (TPSA) is 47.1 Å². The molecule has 90 valence electrons. The monoisotopic (exact) mass is 250 g/mol. The zero-order valence-corrected chi connectivity index (χ0v) is 10.6. The van der Waals surface area contributed by atoms with Crippen LogP contribution in [0.4, 0.5) is 11.5 Å². The van der Waals surface area contributed by atoms with Gasteiger partial charge in [-0.25, -0.2) is 0 Å². The van der Waals surface area contributed by atoms with Gasteiger partial charge in [0.2, 0.25) is 0 Å². The minimum absolute atomic E-state index is 0.669. The summed E-state index contributed by atoms with van der Waals surface area (Å²) < 4.78 is 1.70. The molecular weight excluding hydrogens is 236 g/mol. The highest BCUT2D eigenvalue weighted by atomic mass is 35.5. The van der Waals surface area contributed by atoms with Gasteiger partial charge in [-0.1, -0.05) is 29.8 Å². The summed E-state index contributed by atoms with van der Waals surface area (Å²) in [4.78, 5) is 1.98. The zero-order chi connectivity index (χ0) is 12.4. The summed E-state index contributed by atoms with van der Waals surface area (Å²) in [5, 5.41) is 5.07. The van der Waals surface area contributed by atoms with Crippen molar-refractivity contribution in [3.63, 3.8) is 0 Å². The summed E-state index contributed by atoms with van der Waals surface area (Å²) in [5.74, 6) is 0.771. The van der Waals surface area contributed by atoms with E-state index in [2.05, 4.69) is 5.10 Å². The third-order valence-corrected chi connectivity index (χ3v) is 2.93. The summed E-state index contributed by atoms with van der Waals surface area (Å²) in [5.41, 5.74) is 7.60. The van der Waals surface area contributed by atoms with Gasteiger partial charge >= 0.3 is 0 Å². The first kappa shape index (κ1) is 11.8. The minimum atomic E-state index is 0.669. The highest BCUT2D eigenvalue weighted by Crippen LogP contribution is 2.23. The van der Waals surface area contributed by atoms with Gasteiger partial charge < -0.3 is 10.6 Å². The van der Waals surface area contributed by atoms with Crippen LogP contribution in [-0.2, 0) is 13.6 Å². The van der Waals surface area contributed by atoms with E-state index in [1.807, 2.05) is 43.3 Å². The predicted octanol–water partition coefficient (Wildman–Crippen LogP) is 2.29. The van der Waals surface area contributed by atoms with Crippen LogP contribution in [0.3, 0.4) is 0 Å². The van der Waals surface area contributed by atoms with Gasteiger partial charge in [0.05, 0.1) is 5.69 Å². The molecule has 1 aromatic carbocycles. The van der Waals surface area contributed by atoms with Crippen molar-refractivity contribution in [1.29, 1.82) is 0 Å². The fourth-order valence-corrected chi connectivity index (χ4v) is 1.94. The lowest BCUT2D eigenvalue weighted by Gasteiger charge is -2.17. The molecule has 0 bridgehead atoms. The van der Waals surface area contributed by atoms with E-state index in [0.29, 0.717) is 12.2 Å². The molecule has 1 aromatic heterocycles. The van der Waals surface area contributed by atoms with E-state index >= 15 is 0 Å². The van der Waals surface area contributed by atoms with Gasteiger partial charge in [0.25, 0.3) is 0 Å². The molecule has 0 amide bonds. The third-order valence-electron chi connectivity index (χ3n) is 2.56. The van der Waals surface area contributed by atoms with Crippen molar-refractivity contribution < 1.29 is 0 Å². The molecule has 2 aromatic rings. The van der Waals surface area contributed by atoms with Crippen LogP contribution in [0.15, 0.2) is 30.5 Å². The Kier molecular flexibility index (Phi) is 3.24. The minimum Gasteiger partial charge on any atom is -0.394 e. The lowest BCUT2D eigenvalue weighted by molar-refractivity contribution is 0.752. The van der Waals surface area contributed by atoms with Crippen molar-refractivity contribution in [3.05, 3.63) is 41.0 Å². The molecule has 4 nitrogen and oxygen atoms in total. The van der Waals surface area contributed by atoms with Crippen LogP contribution in [0.2, 0.25) is 5.02 Å². The van der Waals surface area contributed by atoms with Crippen LogP contribution in [0, 0.1) is 0 Å². The number of nitrogen functional groups attached to an aromatic ring is 1. The first-order chi connectivity index (χ1) is 8.08. The molecule has 1 heterocycles. The number of rotatable bonds is 3. The van der Waals surface area contributed by atoms with Crippen molar-refractivity contribution in [2.45, 2.75) is 6.54 Å². The molecule has 2 N–H and O–H groups in total. The maximum atomic E-state index is 6.12. The molecule has 0 aliphatic heterocycles. The Hall–Kier alpha value is -1.68. The molecule has 2 rings (SSSR count). The number of benzene rings is 1. The van der Waals surface area contributed by atoms with Gasteiger partial charge in [-0.2, -0.15) is 5.10 Å². The van der Waals surface area contributed by atoms with Crippen LogP contribution < -0.4 is 10.6 Å². The Morgan fingerprint density at radius 3 is 2.71 bits per heavy atom. The van der Waals surface area contributed by atoms with Gasteiger partial charge in [0, 0.05) is 31.9 Å². The fraction of sp³-hybridized carbons (Fsp3) is 0.250. The van der Waals surface area contributed by atoms with E-state index in [9.17, 15) is 0 Å². The smallest absolute Gasteiger partial charge is 0.173 e. The molecule has 0 atom stereocenters. The van der Waals surface area contributed by atoms with Crippen LogP contribution in [0.25, 0.3) is 0 Å². The molecule has 0 aliphatic rings. The molecule has 17 heavy (non-hydrogen) atoms. The van der Waals surface area contributed by atoms with E-state index in [4.69, 9.17) is 17.3 Å². The molecule has 0 fully saturated rings. The lowest BCUT2D eigenvalue weighted by Crippen LogP contribution is -2.18. The van der Waals surface area contributed by atoms with Crippen LogP contribution in [0.1, 0.15) is 5.56 Å². The Morgan fingerprint density at radius 1 is 1.41 bits per heavy atom. The third kappa shape index (κ3) is 2.53. The van der Waals surface area contributed by atoms with Crippen molar-refractivity contribution in [2.75, 3.05) is 17.7 Å². The van der Waals surface area contributed by atoms with Crippen LogP contribution in [-0.4, -0.2) is 16.8 Å². The van der Waals surface area contributed by atoms with Crippen LogP contribution >= 0.6 is 11.6 Å². The average molecular weight is 251 g/mol. The summed E-state index contributed by atoms with van der Waals surface area (Å²) in [6.45, 7) is 0.681. The first-order valence-electron chi connectivity index (χ1n) is 5.31. The standard InChI is InChI=1S/C12H15ClN4/c1-16(12-11(14)8-17(2)15-12)7-9-5-3-4-6-10(9)13/h3-6,8H,7,14H2,1-2H3. The predicted molar refractivity (Wildman–Crippen MR) is 71.2 cm³/mol. The largest absolute Gasteiger partial charge is 0.394 e. The fourth-order valence-electron chi connectivity index (χ4n) is 1.75. The normalized spacial score (nSPS) is 10.5. The number of nitrogens with zero attached hydrogens (tertiary/aromatic N) is 3. The highest BCUT2D eigenvalue weighted by molar-refractivity contribution is 6.31. The van der Waals surface area contributed by atoms with E-state index < -0.39 is 0 Å². The summed E-state index contributed by atoms with van der Waals surface area (Å²) >= 11 is 6.12. The van der Waals surface area contributed by atoms with E-state index in [0.717, 1.165) is 16.4 Å². The number of nitrogens with two attached hydrogens (primary N) is 1. The quantitative estimate of drug-likeness (QED) is 0.909. The molecule has 0 unspecified atom stereocenters. The molecule has 0 aliphatic carbocycles. The SMILES string of the molecule is CN(Cc1ccccc1Cl)c1nn(C)cc1N. The maximum absolute atomic E-state index is 6.12. The molecule has 0 radical (unpaired) electrons. The van der Waals surface area contributed by atoms with Crippen molar-refractivity contribution in [3.8, 4) is 0 Å². The number of halogens is 1. The molecule has 5 heteroatoms. The Balaban J connectivity index is 2.20. The average Bonchev–Trinajstić information content (AvgIpc) is 2.61. The molecule has 0 saturated heterocycles. The Bertz CT molecular complexity index is 521. The van der Waals surface area contributed by atoms with Gasteiger partial charge in [0.1, 0.15) is 0 Å². The first-order valence-corrected chi connectivity index (χ1v) is 5.69. The van der Waals surface area contributed by atoms with E-state index in [1.54, 1.807) is 10.9 Å². The number of hydrogen-bond acceptors (Lipinski definition) is 3. The summed E-state index contributed by atoms with van der Waals surface area (Å²) in [6, 6.07) is 7.77. The van der Waals surface area contributed by atoms with Crippen molar-refractivity contribution >= 4 is 23.1 Å². The maximum Gasteiger partial charge on any atom is 0.173 e. The molecule has 0 spiro atoms. The van der Waals surface area contributed by atoms with Gasteiger partial charge in [-0.3, -0.25) is 4.68 Å². The van der Waals surface area contributed by atoms with Crippen LogP contribution in [0.5, 0.6) is 0 Å². The molecular formula is C12H15ClN4. The van der Waals surface area contributed by atoms with Gasteiger partial charge in [-0.05, 0) is 11.6 Å². The van der Waals surface area contributed by atoms with E-state index in [-0.39, 0.29) is 0 Å². The van der Waals surface area contributed by atoms with Gasteiger partial charge in [0.15, 0.2) is 5.82 Å². The Morgan fingerprint density at radius 2 is 2.12 bits per heavy atom. The molecule has 0 saturated carbocycles. The zero-order valence-electron chi connectivity index (χ0n) is 9.89. The lowest BCUT2D eigenvalue weighted by atomic mass is 10.2. The number of anilines is 2. The van der Waals surface area contributed by atoms with Crippen molar-refractivity contribution in [2.24, 2.45) is 7.05 Å². The second-order valence-electron chi connectivity index (χ2n) is 4.03.